The van der Waals surface area contributed by atoms with Gasteiger partial charge in [0.1, 0.15) is 17.1 Å². The summed E-state index contributed by atoms with van der Waals surface area (Å²) >= 11 is 0. The van der Waals surface area contributed by atoms with Crippen molar-refractivity contribution in [3.63, 3.8) is 0 Å². The minimum atomic E-state index is 0.659. The lowest BCUT2D eigenvalue weighted by atomic mass is 10.1. The van der Waals surface area contributed by atoms with Gasteiger partial charge in [0.15, 0.2) is 5.65 Å². The molecule has 0 amide bonds. The number of H-pyrrole nitrogens is 1. The number of anilines is 1. The minimum absolute atomic E-state index is 0.659. The standard InChI is InChI=1S/C22H22N6O/c23-12-17(13-24)16-5-3-15(4-6-16)14-26-19-9-10-25-22-21(19)27-20(28-22)8-7-18-2-1-11-29-18/h1-6,9-13,23H,7-8,14,24H2,(H2,25,26,27,28)/b17-13+,23-12?. The van der Waals surface area contributed by atoms with E-state index in [0.29, 0.717) is 17.8 Å². The van der Waals surface area contributed by atoms with Crippen molar-refractivity contribution < 1.29 is 4.42 Å². The first-order valence-corrected chi connectivity index (χ1v) is 9.38. The van der Waals surface area contributed by atoms with Crippen LogP contribution in [0.4, 0.5) is 5.69 Å². The van der Waals surface area contributed by atoms with Gasteiger partial charge in [-0.15, -0.1) is 0 Å². The number of fused-ring (bicyclic) bond motifs is 1. The van der Waals surface area contributed by atoms with Crippen LogP contribution < -0.4 is 11.1 Å². The van der Waals surface area contributed by atoms with Crippen LogP contribution in [0.3, 0.4) is 0 Å². The highest BCUT2D eigenvalue weighted by atomic mass is 16.3. The highest BCUT2D eigenvalue weighted by Gasteiger charge is 2.09. The summed E-state index contributed by atoms with van der Waals surface area (Å²) in [5.41, 5.74) is 10.8. The number of imidazole rings is 1. The van der Waals surface area contributed by atoms with Crippen LogP contribution in [0, 0.1) is 5.41 Å². The van der Waals surface area contributed by atoms with Crippen LogP contribution in [0.15, 0.2) is 65.5 Å². The number of nitrogens with zero attached hydrogens (tertiary/aromatic N) is 2. The van der Waals surface area contributed by atoms with Gasteiger partial charge in [0, 0.05) is 43.6 Å². The van der Waals surface area contributed by atoms with Crippen molar-refractivity contribution in [3.05, 3.63) is 83.8 Å². The molecule has 1 aromatic carbocycles. The number of hydrogen-bond acceptors (Lipinski definition) is 6. The van der Waals surface area contributed by atoms with Gasteiger partial charge in [0.2, 0.25) is 0 Å². The van der Waals surface area contributed by atoms with Gasteiger partial charge < -0.3 is 25.9 Å². The molecule has 4 aromatic rings. The van der Waals surface area contributed by atoms with Gasteiger partial charge in [0.25, 0.3) is 0 Å². The van der Waals surface area contributed by atoms with E-state index in [1.54, 1.807) is 12.5 Å². The van der Waals surface area contributed by atoms with E-state index in [1.807, 2.05) is 42.5 Å². The molecule has 0 saturated heterocycles. The maximum absolute atomic E-state index is 7.39. The summed E-state index contributed by atoms with van der Waals surface area (Å²) in [6, 6.07) is 13.8. The molecule has 0 unspecified atom stereocenters. The number of aromatic amines is 1. The van der Waals surface area contributed by atoms with Gasteiger partial charge in [-0.2, -0.15) is 0 Å². The molecule has 0 aliphatic carbocycles. The molecular formula is C22H22N6O. The quantitative estimate of drug-likeness (QED) is 0.343. The Hall–Kier alpha value is -3.87. The lowest BCUT2D eigenvalue weighted by molar-refractivity contribution is 0.507. The smallest absolute Gasteiger partial charge is 0.179 e. The number of pyridine rings is 1. The van der Waals surface area contributed by atoms with Crippen molar-refractivity contribution in [3.8, 4) is 0 Å². The Labute approximate surface area is 168 Å². The summed E-state index contributed by atoms with van der Waals surface area (Å²) in [6.45, 7) is 0.659. The molecule has 29 heavy (non-hydrogen) atoms. The number of nitrogens with one attached hydrogen (secondary N) is 3. The Kier molecular flexibility index (Phi) is 5.38. The van der Waals surface area contributed by atoms with Crippen LogP contribution in [-0.2, 0) is 19.4 Å². The first-order valence-electron chi connectivity index (χ1n) is 9.38. The molecule has 0 spiro atoms. The zero-order valence-electron chi connectivity index (χ0n) is 15.9. The lowest BCUT2D eigenvalue weighted by Gasteiger charge is -2.08. The van der Waals surface area contributed by atoms with Gasteiger partial charge in [-0.25, -0.2) is 9.97 Å². The van der Waals surface area contributed by atoms with E-state index in [-0.39, 0.29) is 0 Å². The van der Waals surface area contributed by atoms with Gasteiger partial charge in [0.05, 0.1) is 12.0 Å². The molecule has 4 rings (SSSR count). The van der Waals surface area contributed by atoms with Crippen molar-refractivity contribution in [2.24, 2.45) is 5.73 Å². The van der Waals surface area contributed by atoms with Crippen molar-refractivity contribution in [1.82, 2.24) is 15.0 Å². The zero-order valence-corrected chi connectivity index (χ0v) is 15.9. The monoisotopic (exact) mass is 386 g/mol. The van der Waals surface area contributed by atoms with Crippen LogP contribution in [0.1, 0.15) is 22.7 Å². The summed E-state index contributed by atoms with van der Waals surface area (Å²) in [4.78, 5) is 12.3. The number of nitrogens with two attached hydrogens (primary N) is 1. The van der Waals surface area contributed by atoms with Crippen molar-refractivity contribution in [1.29, 1.82) is 5.41 Å². The molecule has 0 saturated carbocycles. The molecule has 3 aromatic heterocycles. The molecule has 0 bridgehead atoms. The summed E-state index contributed by atoms with van der Waals surface area (Å²) in [5, 5.41) is 10.8. The fourth-order valence-corrected chi connectivity index (χ4v) is 3.16. The predicted octanol–water partition coefficient (Wildman–Crippen LogP) is 3.90. The number of aromatic nitrogens is 3. The molecule has 0 atom stereocenters. The molecular weight excluding hydrogens is 364 g/mol. The number of allylic oxidation sites excluding steroid dienone is 1. The van der Waals surface area contributed by atoms with Crippen molar-refractivity contribution >= 4 is 28.6 Å². The Bertz CT molecular complexity index is 1130. The largest absolute Gasteiger partial charge is 0.469 e. The fraction of sp³-hybridized carbons (Fsp3) is 0.136. The molecule has 0 radical (unpaired) electrons. The first kappa shape index (κ1) is 18.5. The Balaban J connectivity index is 1.45. The summed E-state index contributed by atoms with van der Waals surface area (Å²) in [5.74, 6) is 1.83. The van der Waals surface area contributed by atoms with E-state index < -0.39 is 0 Å². The highest BCUT2D eigenvalue weighted by molar-refractivity contribution is 6.08. The van der Waals surface area contributed by atoms with Crippen LogP contribution in [0.5, 0.6) is 0 Å². The summed E-state index contributed by atoms with van der Waals surface area (Å²) < 4.78 is 5.39. The second-order valence-electron chi connectivity index (χ2n) is 6.64. The van der Waals surface area contributed by atoms with Crippen molar-refractivity contribution in [2.75, 3.05) is 5.32 Å². The summed E-state index contributed by atoms with van der Waals surface area (Å²) in [6.07, 6.45) is 7.68. The summed E-state index contributed by atoms with van der Waals surface area (Å²) in [7, 11) is 0. The topological polar surface area (TPSA) is 117 Å². The number of aryl methyl sites for hydroxylation is 2. The third kappa shape index (κ3) is 4.19. The number of benzene rings is 1. The van der Waals surface area contributed by atoms with Crippen LogP contribution >= 0.6 is 0 Å². The normalized spacial score (nSPS) is 11.7. The minimum Gasteiger partial charge on any atom is -0.469 e. The second kappa shape index (κ2) is 8.43. The molecule has 3 heterocycles. The maximum Gasteiger partial charge on any atom is 0.179 e. The van der Waals surface area contributed by atoms with E-state index in [4.69, 9.17) is 15.6 Å². The van der Waals surface area contributed by atoms with Crippen molar-refractivity contribution in [2.45, 2.75) is 19.4 Å². The zero-order chi connectivity index (χ0) is 20.1. The maximum atomic E-state index is 7.39. The van der Waals surface area contributed by atoms with E-state index in [0.717, 1.165) is 46.8 Å². The SMILES string of the molecule is N=C/C(=C\N)c1ccc(CNc2ccnc3nc(CCc4ccco4)[nH]c23)cc1. The Morgan fingerprint density at radius 2 is 2.03 bits per heavy atom. The van der Waals surface area contributed by atoms with E-state index >= 15 is 0 Å². The van der Waals surface area contributed by atoms with Crippen LogP contribution in [0.2, 0.25) is 0 Å². The van der Waals surface area contributed by atoms with E-state index in [1.165, 1.54) is 12.4 Å². The molecule has 5 N–H and O–H groups in total. The van der Waals surface area contributed by atoms with Crippen LogP contribution in [0.25, 0.3) is 16.7 Å². The lowest BCUT2D eigenvalue weighted by Crippen LogP contribution is -2.01. The van der Waals surface area contributed by atoms with Gasteiger partial charge in [-0.05, 0) is 29.3 Å². The van der Waals surface area contributed by atoms with Gasteiger partial charge in [-0.1, -0.05) is 24.3 Å². The molecule has 0 aliphatic rings. The Morgan fingerprint density at radius 1 is 1.17 bits per heavy atom. The van der Waals surface area contributed by atoms with E-state index in [9.17, 15) is 0 Å². The van der Waals surface area contributed by atoms with Gasteiger partial charge >= 0.3 is 0 Å². The molecule has 0 aliphatic heterocycles. The van der Waals surface area contributed by atoms with E-state index in [2.05, 4.69) is 20.3 Å². The number of furan rings is 1. The predicted molar refractivity (Wildman–Crippen MR) is 115 cm³/mol. The average Bonchev–Trinajstić information content (AvgIpc) is 3.42. The second-order valence-corrected chi connectivity index (χ2v) is 6.64. The molecule has 0 fully saturated rings. The number of hydrogen-bond donors (Lipinski definition) is 4. The molecule has 7 heteroatoms. The molecule has 146 valence electrons. The fourth-order valence-electron chi connectivity index (χ4n) is 3.16. The average molecular weight is 386 g/mol. The number of rotatable bonds is 8. The van der Waals surface area contributed by atoms with Crippen LogP contribution in [-0.4, -0.2) is 21.2 Å². The third-order valence-corrected chi connectivity index (χ3v) is 4.73. The third-order valence-electron chi connectivity index (χ3n) is 4.73. The Morgan fingerprint density at radius 3 is 2.76 bits per heavy atom. The first-order chi connectivity index (χ1) is 14.3. The van der Waals surface area contributed by atoms with Gasteiger partial charge in [-0.3, -0.25) is 0 Å². The molecule has 7 nitrogen and oxygen atoms in total. The highest BCUT2D eigenvalue weighted by Crippen LogP contribution is 2.21.